The van der Waals surface area contributed by atoms with Gasteiger partial charge in [0.25, 0.3) is 0 Å². The molecule has 0 atom stereocenters. The zero-order chi connectivity index (χ0) is 16.3. The van der Waals surface area contributed by atoms with Crippen LogP contribution in [-0.4, -0.2) is 18.1 Å². The standard InChI is InChI=1S/C14H9F3N2O3/c1-22-13(20)9-5-4-8(7-11(9)19-21)12-10(14(15,16)17)3-2-6-18-12/h2-7H,1H3. The summed E-state index contributed by atoms with van der Waals surface area (Å²) < 4.78 is 43.4. The molecule has 0 fully saturated rings. The topological polar surface area (TPSA) is 68.6 Å². The number of rotatable bonds is 3. The Hall–Kier alpha value is -2.77. The third-order valence-electron chi connectivity index (χ3n) is 2.89. The summed E-state index contributed by atoms with van der Waals surface area (Å²) in [6.45, 7) is 0. The van der Waals surface area contributed by atoms with Crippen molar-refractivity contribution in [2.75, 3.05) is 7.11 Å². The summed E-state index contributed by atoms with van der Waals surface area (Å²) in [6.07, 6.45) is -3.40. The minimum atomic E-state index is -4.60. The van der Waals surface area contributed by atoms with Crippen LogP contribution in [0.1, 0.15) is 15.9 Å². The van der Waals surface area contributed by atoms with Crippen LogP contribution in [0.15, 0.2) is 41.7 Å². The first kappa shape index (κ1) is 15.6. The van der Waals surface area contributed by atoms with Crippen molar-refractivity contribution >= 4 is 11.7 Å². The van der Waals surface area contributed by atoms with Gasteiger partial charge in [-0.05, 0) is 29.4 Å². The Kier molecular flexibility index (Phi) is 4.20. The van der Waals surface area contributed by atoms with E-state index in [2.05, 4.69) is 14.9 Å². The Morgan fingerprint density at radius 2 is 2.00 bits per heavy atom. The fourth-order valence-corrected chi connectivity index (χ4v) is 1.90. The minimum Gasteiger partial charge on any atom is -0.465 e. The second-order valence-electron chi connectivity index (χ2n) is 4.21. The van der Waals surface area contributed by atoms with Crippen LogP contribution < -0.4 is 0 Å². The van der Waals surface area contributed by atoms with Gasteiger partial charge in [0.15, 0.2) is 0 Å². The largest absolute Gasteiger partial charge is 0.465 e. The van der Waals surface area contributed by atoms with Gasteiger partial charge in [0.05, 0.1) is 23.9 Å². The number of hydrogen-bond donors (Lipinski definition) is 0. The van der Waals surface area contributed by atoms with Gasteiger partial charge < -0.3 is 4.74 Å². The van der Waals surface area contributed by atoms with Crippen molar-refractivity contribution in [2.24, 2.45) is 5.18 Å². The lowest BCUT2D eigenvalue weighted by molar-refractivity contribution is -0.137. The highest BCUT2D eigenvalue weighted by atomic mass is 19.4. The third-order valence-corrected chi connectivity index (χ3v) is 2.89. The van der Waals surface area contributed by atoms with Gasteiger partial charge in [-0.15, -0.1) is 4.91 Å². The Morgan fingerprint density at radius 3 is 2.59 bits per heavy atom. The van der Waals surface area contributed by atoms with Gasteiger partial charge in [-0.25, -0.2) is 4.79 Å². The highest BCUT2D eigenvalue weighted by molar-refractivity contribution is 5.95. The van der Waals surface area contributed by atoms with Crippen molar-refractivity contribution in [3.05, 3.63) is 52.6 Å². The van der Waals surface area contributed by atoms with E-state index in [9.17, 15) is 22.9 Å². The highest BCUT2D eigenvalue weighted by Gasteiger charge is 2.34. The SMILES string of the molecule is COC(=O)c1ccc(-c2ncccc2C(F)(F)F)cc1N=O. The molecule has 2 aromatic rings. The van der Waals surface area contributed by atoms with E-state index >= 15 is 0 Å². The van der Waals surface area contributed by atoms with E-state index in [1.807, 2.05) is 0 Å². The first-order valence-corrected chi connectivity index (χ1v) is 5.96. The van der Waals surface area contributed by atoms with E-state index < -0.39 is 17.7 Å². The molecule has 0 saturated carbocycles. The molecule has 1 aromatic heterocycles. The molecule has 0 spiro atoms. The molecule has 5 nitrogen and oxygen atoms in total. The number of benzene rings is 1. The van der Waals surface area contributed by atoms with Crippen LogP contribution in [0.5, 0.6) is 0 Å². The van der Waals surface area contributed by atoms with Gasteiger partial charge in [0, 0.05) is 11.8 Å². The van der Waals surface area contributed by atoms with Crippen molar-refractivity contribution in [1.29, 1.82) is 0 Å². The van der Waals surface area contributed by atoms with Crippen molar-refractivity contribution in [1.82, 2.24) is 4.98 Å². The maximum Gasteiger partial charge on any atom is 0.418 e. The number of nitrogens with zero attached hydrogens (tertiary/aromatic N) is 2. The van der Waals surface area contributed by atoms with Gasteiger partial charge >= 0.3 is 12.1 Å². The van der Waals surface area contributed by atoms with Crippen LogP contribution in [0.25, 0.3) is 11.3 Å². The van der Waals surface area contributed by atoms with Crippen molar-refractivity contribution in [3.63, 3.8) is 0 Å². The number of esters is 1. The number of methoxy groups -OCH3 is 1. The predicted octanol–water partition coefficient (Wildman–Crippen LogP) is 3.95. The summed E-state index contributed by atoms with van der Waals surface area (Å²) in [4.78, 5) is 26.0. The van der Waals surface area contributed by atoms with Crippen molar-refractivity contribution in [2.45, 2.75) is 6.18 Å². The number of halogens is 3. The third kappa shape index (κ3) is 2.95. The molecule has 0 aliphatic rings. The van der Waals surface area contributed by atoms with E-state index in [0.29, 0.717) is 0 Å². The number of nitroso groups, excluding NO2 is 1. The zero-order valence-electron chi connectivity index (χ0n) is 11.2. The van der Waals surface area contributed by atoms with Crippen LogP contribution in [-0.2, 0) is 10.9 Å². The maximum absolute atomic E-state index is 13.0. The second kappa shape index (κ2) is 5.92. The fourth-order valence-electron chi connectivity index (χ4n) is 1.90. The molecule has 0 saturated heterocycles. The maximum atomic E-state index is 13.0. The average Bonchev–Trinajstić information content (AvgIpc) is 2.52. The van der Waals surface area contributed by atoms with Crippen LogP contribution in [0.3, 0.4) is 0 Å². The van der Waals surface area contributed by atoms with Gasteiger partial charge in [-0.1, -0.05) is 6.07 Å². The second-order valence-corrected chi connectivity index (χ2v) is 4.21. The Bertz CT molecular complexity index is 730. The molecule has 0 bridgehead atoms. The summed E-state index contributed by atoms with van der Waals surface area (Å²) in [6, 6.07) is 5.53. The molecule has 0 unspecified atom stereocenters. The van der Waals surface area contributed by atoms with Crippen LogP contribution in [0.4, 0.5) is 18.9 Å². The first-order chi connectivity index (χ1) is 10.4. The number of alkyl halides is 3. The van der Waals surface area contributed by atoms with Crippen molar-refractivity contribution < 1.29 is 22.7 Å². The first-order valence-electron chi connectivity index (χ1n) is 5.96. The molecule has 0 radical (unpaired) electrons. The Morgan fingerprint density at radius 1 is 1.27 bits per heavy atom. The van der Waals surface area contributed by atoms with E-state index in [0.717, 1.165) is 25.3 Å². The molecule has 2 rings (SSSR count). The zero-order valence-corrected chi connectivity index (χ0v) is 11.2. The Balaban J connectivity index is 2.61. The molecule has 0 N–H and O–H groups in total. The molecular weight excluding hydrogens is 301 g/mol. The molecule has 0 aliphatic heterocycles. The van der Waals surface area contributed by atoms with E-state index in [4.69, 9.17) is 0 Å². The van der Waals surface area contributed by atoms with Crippen LogP contribution in [0, 0.1) is 4.91 Å². The van der Waals surface area contributed by atoms with Gasteiger partial charge in [0.1, 0.15) is 5.69 Å². The summed E-state index contributed by atoms with van der Waals surface area (Å²) >= 11 is 0. The quantitative estimate of drug-likeness (QED) is 0.636. The molecule has 8 heteroatoms. The highest BCUT2D eigenvalue weighted by Crippen LogP contribution is 2.37. The van der Waals surface area contributed by atoms with E-state index in [1.165, 1.54) is 18.3 Å². The van der Waals surface area contributed by atoms with Gasteiger partial charge in [-0.2, -0.15) is 13.2 Å². The lowest BCUT2D eigenvalue weighted by Crippen LogP contribution is -2.08. The number of ether oxygens (including phenoxy) is 1. The molecule has 0 amide bonds. The average molecular weight is 310 g/mol. The molecule has 0 aliphatic carbocycles. The summed E-state index contributed by atoms with van der Waals surface area (Å²) in [7, 11) is 1.12. The van der Waals surface area contributed by atoms with Crippen molar-refractivity contribution in [3.8, 4) is 11.3 Å². The predicted molar refractivity (Wildman–Crippen MR) is 71.5 cm³/mol. The van der Waals surface area contributed by atoms with E-state index in [-0.39, 0.29) is 22.5 Å². The van der Waals surface area contributed by atoms with Crippen LogP contribution >= 0.6 is 0 Å². The number of hydrogen-bond acceptors (Lipinski definition) is 5. The lowest BCUT2D eigenvalue weighted by atomic mass is 10.0. The molecule has 114 valence electrons. The molecular formula is C14H9F3N2O3. The van der Waals surface area contributed by atoms with Gasteiger partial charge in [0.2, 0.25) is 0 Å². The number of carbonyl (C=O) groups excluding carboxylic acids is 1. The molecule has 1 heterocycles. The fraction of sp³-hybridized carbons (Fsp3) is 0.143. The number of aromatic nitrogens is 1. The summed E-state index contributed by atoms with van der Waals surface area (Å²) in [5.74, 6) is -0.807. The van der Waals surface area contributed by atoms with Gasteiger partial charge in [-0.3, -0.25) is 4.98 Å². The normalized spacial score (nSPS) is 11.1. The number of pyridine rings is 1. The smallest absolute Gasteiger partial charge is 0.418 e. The van der Waals surface area contributed by atoms with E-state index in [1.54, 1.807) is 0 Å². The summed E-state index contributed by atoms with van der Waals surface area (Å²) in [5, 5.41) is 2.66. The lowest BCUT2D eigenvalue weighted by Gasteiger charge is -2.12. The Labute approximate surface area is 122 Å². The molecule has 22 heavy (non-hydrogen) atoms. The molecule has 1 aromatic carbocycles. The van der Waals surface area contributed by atoms with Crippen LogP contribution in [0.2, 0.25) is 0 Å². The number of carbonyl (C=O) groups is 1. The summed E-state index contributed by atoms with van der Waals surface area (Å²) in [5.41, 5.74) is -1.72. The minimum absolute atomic E-state index is 0.0233. The monoisotopic (exact) mass is 310 g/mol.